The first-order valence-electron chi connectivity index (χ1n) is 6.18. The number of hydrogen-bond donors (Lipinski definition) is 2. The van der Waals surface area contributed by atoms with Gasteiger partial charge in [0, 0.05) is 16.9 Å². The van der Waals surface area contributed by atoms with Crippen molar-refractivity contribution < 1.29 is 9.53 Å². The minimum Gasteiger partial charge on any atom is -0.449 e. The highest BCUT2D eigenvalue weighted by Crippen LogP contribution is 2.31. The van der Waals surface area contributed by atoms with Crippen molar-refractivity contribution in [2.45, 2.75) is 6.10 Å². The molecule has 1 aliphatic rings. The number of ether oxygens (including phenoxy) is 1. The second-order valence-electron chi connectivity index (χ2n) is 4.40. The van der Waals surface area contributed by atoms with Crippen molar-refractivity contribution in [3.63, 3.8) is 0 Å². The SMILES string of the molecule is Nc1ccc(NC2=Nc3ccccc3C(C=O)O2)cc1. The molecule has 100 valence electrons. The van der Waals surface area contributed by atoms with Gasteiger partial charge in [-0.1, -0.05) is 18.2 Å². The van der Waals surface area contributed by atoms with E-state index in [9.17, 15) is 4.79 Å². The molecule has 0 aliphatic carbocycles. The predicted octanol–water partition coefficient (Wildman–Crippen LogP) is 2.64. The smallest absolute Gasteiger partial charge is 0.295 e. The Kier molecular flexibility index (Phi) is 3.09. The molecule has 5 heteroatoms. The minimum atomic E-state index is -0.639. The van der Waals surface area contributed by atoms with Gasteiger partial charge < -0.3 is 15.8 Å². The number of fused-ring (bicyclic) bond motifs is 1. The van der Waals surface area contributed by atoms with E-state index in [4.69, 9.17) is 10.5 Å². The van der Waals surface area contributed by atoms with Crippen LogP contribution in [0.4, 0.5) is 17.1 Å². The number of nitrogen functional groups attached to an aromatic ring is 1. The molecular formula is C15H13N3O2. The lowest BCUT2D eigenvalue weighted by Gasteiger charge is -2.22. The van der Waals surface area contributed by atoms with Crippen LogP contribution < -0.4 is 11.1 Å². The van der Waals surface area contributed by atoms with Crippen molar-refractivity contribution in [3.8, 4) is 0 Å². The fourth-order valence-electron chi connectivity index (χ4n) is 2.00. The summed E-state index contributed by atoms with van der Waals surface area (Å²) in [6, 6.07) is 14.9. The lowest BCUT2D eigenvalue weighted by molar-refractivity contribution is -0.114. The molecule has 1 unspecified atom stereocenters. The number of benzene rings is 2. The highest BCUT2D eigenvalue weighted by atomic mass is 16.5. The normalized spacial score (nSPS) is 16.6. The molecular weight excluding hydrogens is 254 g/mol. The van der Waals surface area contributed by atoms with E-state index >= 15 is 0 Å². The van der Waals surface area contributed by atoms with Gasteiger partial charge in [-0.2, -0.15) is 4.99 Å². The number of aliphatic imine (C=N–C) groups is 1. The second kappa shape index (κ2) is 5.05. The zero-order valence-electron chi connectivity index (χ0n) is 10.6. The van der Waals surface area contributed by atoms with Crippen molar-refractivity contribution >= 4 is 29.4 Å². The zero-order valence-corrected chi connectivity index (χ0v) is 10.6. The van der Waals surface area contributed by atoms with Crippen molar-refractivity contribution in [1.82, 2.24) is 0 Å². The van der Waals surface area contributed by atoms with Gasteiger partial charge in [-0.3, -0.25) is 4.79 Å². The van der Waals surface area contributed by atoms with Gasteiger partial charge in [0.2, 0.25) is 0 Å². The third-order valence-electron chi connectivity index (χ3n) is 2.99. The molecule has 0 saturated carbocycles. The Balaban J connectivity index is 1.90. The molecule has 0 spiro atoms. The number of anilines is 2. The standard InChI is InChI=1S/C15H13N3O2/c16-10-5-7-11(8-6-10)17-15-18-13-4-2-1-3-12(13)14(9-19)20-15/h1-9,14H,16H2,(H,17,18). The Morgan fingerprint density at radius 3 is 2.65 bits per heavy atom. The van der Waals surface area contributed by atoms with Crippen LogP contribution in [0.15, 0.2) is 53.5 Å². The molecule has 1 heterocycles. The van der Waals surface area contributed by atoms with Crippen molar-refractivity contribution in [2.75, 3.05) is 11.1 Å². The monoisotopic (exact) mass is 267 g/mol. The fourth-order valence-corrected chi connectivity index (χ4v) is 2.00. The summed E-state index contributed by atoms with van der Waals surface area (Å²) in [4.78, 5) is 15.5. The highest BCUT2D eigenvalue weighted by Gasteiger charge is 2.23. The molecule has 0 amide bonds. The lowest BCUT2D eigenvalue weighted by Crippen LogP contribution is -2.23. The maximum atomic E-state index is 11.1. The molecule has 0 aromatic heterocycles. The van der Waals surface area contributed by atoms with Crippen LogP contribution in [0.1, 0.15) is 11.7 Å². The molecule has 2 aromatic carbocycles. The molecule has 0 fully saturated rings. The lowest BCUT2D eigenvalue weighted by atomic mass is 10.1. The summed E-state index contributed by atoms with van der Waals surface area (Å²) in [5.41, 5.74) is 8.60. The summed E-state index contributed by atoms with van der Waals surface area (Å²) >= 11 is 0. The molecule has 2 aromatic rings. The van der Waals surface area contributed by atoms with Crippen molar-refractivity contribution in [2.24, 2.45) is 4.99 Å². The number of carbonyl (C=O) groups excluding carboxylic acids is 1. The van der Waals surface area contributed by atoms with Gasteiger partial charge in [0.1, 0.15) is 0 Å². The van der Waals surface area contributed by atoms with E-state index in [1.807, 2.05) is 36.4 Å². The summed E-state index contributed by atoms with van der Waals surface area (Å²) in [5, 5.41) is 3.03. The number of carbonyl (C=O) groups is 1. The first-order chi connectivity index (χ1) is 9.76. The van der Waals surface area contributed by atoms with E-state index in [1.54, 1.807) is 12.1 Å². The minimum absolute atomic E-state index is 0.297. The van der Waals surface area contributed by atoms with Gasteiger partial charge >= 0.3 is 0 Å². The summed E-state index contributed by atoms with van der Waals surface area (Å²) in [7, 11) is 0. The Bertz CT molecular complexity index is 665. The zero-order chi connectivity index (χ0) is 13.9. The number of nitrogens with zero attached hydrogens (tertiary/aromatic N) is 1. The number of amidine groups is 1. The van der Waals surface area contributed by atoms with Gasteiger partial charge in [0.05, 0.1) is 5.69 Å². The number of nitrogens with one attached hydrogen (secondary N) is 1. The topological polar surface area (TPSA) is 76.7 Å². The largest absolute Gasteiger partial charge is 0.449 e. The van der Waals surface area contributed by atoms with Crippen LogP contribution in [0.25, 0.3) is 0 Å². The van der Waals surface area contributed by atoms with E-state index < -0.39 is 6.10 Å². The maximum Gasteiger partial charge on any atom is 0.295 e. The highest BCUT2D eigenvalue weighted by molar-refractivity contribution is 5.94. The number of para-hydroxylation sites is 1. The quantitative estimate of drug-likeness (QED) is 0.647. The van der Waals surface area contributed by atoms with Crippen LogP contribution >= 0.6 is 0 Å². The van der Waals surface area contributed by atoms with Crippen molar-refractivity contribution in [1.29, 1.82) is 0 Å². The van der Waals surface area contributed by atoms with E-state index in [2.05, 4.69) is 10.3 Å². The van der Waals surface area contributed by atoms with Gasteiger partial charge in [0.25, 0.3) is 6.02 Å². The molecule has 0 saturated heterocycles. The number of nitrogens with two attached hydrogens (primary N) is 1. The molecule has 5 nitrogen and oxygen atoms in total. The third kappa shape index (κ3) is 2.33. The van der Waals surface area contributed by atoms with E-state index in [-0.39, 0.29) is 0 Å². The van der Waals surface area contributed by atoms with Gasteiger partial charge in [-0.15, -0.1) is 0 Å². The summed E-state index contributed by atoms with van der Waals surface area (Å²) in [6.45, 7) is 0. The fraction of sp³-hybridized carbons (Fsp3) is 0.0667. The first kappa shape index (κ1) is 12.2. The molecule has 1 aliphatic heterocycles. The van der Waals surface area contributed by atoms with Crippen LogP contribution in [0.3, 0.4) is 0 Å². The Labute approximate surface area is 116 Å². The van der Waals surface area contributed by atoms with Crippen LogP contribution in [0, 0.1) is 0 Å². The third-order valence-corrected chi connectivity index (χ3v) is 2.99. The average molecular weight is 267 g/mol. The average Bonchev–Trinajstić information content (AvgIpc) is 2.49. The number of hydrogen-bond acceptors (Lipinski definition) is 5. The van der Waals surface area contributed by atoms with E-state index in [1.165, 1.54) is 0 Å². The van der Waals surface area contributed by atoms with Gasteiger partial charge in [-0.05, 0) is 30.3 Å². The summed E-state index contributed by atoms with van der Waals surface area (Å²) in [5.74, 6) is 0. The number of rotatable bonds is 2. The van der Waals surface area contributed by atoms with Gasteiger partial charge in [0.15, 0.2) is 12.4 Å². The second-order valence-corrected chi connectivity index (χ2v) is 4.40. The van der Waals surface area contributed by atoms with E-state index in [0.717, 1.165) is 23.2 Å². The first-order valence-corrected chi connectivity index (χ1v) is 6.18. The molecule has 3 N–H and O–H groups in total. The summed E-state index contributed by atoms with van der Waals surface area (Å²) in [6.07, 6.45) is 0.123. The van der Waals surface area contributed by atoms with E-state index in [0.29, 0.717) is 11.7 Å². The Hall–Kier alpha value is -2.82. The van der Waals surface area contributed by atoms with Gasteiger partial charge in [-0.25, -0.2) is 0 Å². The Morgan fingerprint density at radius 2 is 1.90 bits per heavy atom. The molecule has 0 radical (unpaired) electrons. The van der Waals surface area contributed by atoms with Crippen LogP contribution in [0.2, 0.25) is 0 Å². The van der Waals surface area contributed by atoms with Crippen LogP contribution in [-0.2, 0) is 9.53 Å². The summed E-state index contributed by atoms with van der Waals surface area (Å²) < 4.78 is 5.54. The number of aldehydes is 1. The molecule has 1 atom stereocenters. The van der Waals surface area contributed by atoms with Crippen LogP contribution in [-0.4, -0.2) is 12.3 Å². The maximum absolute atomic E-state index is 11.1. The molecule has 3 rings (SSSR count). The Morgan fingerprint density at radius 1 is 1.15 bits per heavy atom. The van der Waals surface area contributed by atoms with Crippen molar-refractivity contribution in [3.05, 3.63) is 54.1 Å². The molecule has 0 bridgehead atoms. The predicted molar refractivity (Wildman–Crippen MR) is 77.9 cm³/mol. The van der Waals surface area contributed by atoms with Crippen LogP contribution in [0.5, 0.6) is 0 Å². The molecule has 20 heavy (non-hydrogen) atoms.